The average Bonchev–Trinajstić information content (AvgIpc) is 2.56. The molecule has 2 aromatic carbocycles. The maximum atomic E-state index is 12.4. The van der Waals surface area contributed by atoms with Crippen LogP contribution in [0.5, 0.6) is 11.5 Å². The molecule has 0 aromatic heterocycles. The molecule has 0 aliphatic carbocycles. The molecule has 0 atom stereocenters. The van der Waals surface area contributed by atoms with Crippen molar-refractivity contribution < 1.29 is 23.0 Å². The van der Waals surface area contributed by atoms with Gasteiger partial charge in [-0.2, -0.15) is 8.78 Å². The van der Waals surface area contributed by atoms with Crippen molar-refractivity contribution in [1.29, 1.82) is 0 Å². The maximum absolute atomic E-state index is 12.4. The Morgan fingerprint density at radius 2 is 2.00 bits per heavy atom. The molecule has 4 nitrogen and oxygen atoms in total. The molecule has 134 valence electrons. The van der Waals surface area contributed by atoms with Crippen LogP contribution in [-0.2, 0) is 10.5 Å². The average molecular weight is 388 g/mol. The Hall–Kier alpha value is -1.99. The predicted molar refractivity (Wildman–Crippen MR) is 95.9 cm³/mol. The molecule has 25 heavy (non-hydrogen) atoms. The van der Waals surface area contributed by atoms with E-state index in [0.717, 1.165) is 5.56 Å². The first kappa shape index (κ1) is 19.3. The second-order valence-corrected chi connectivity index (χ2v) is 6.29. The fourth-order valence-electron chi connectivity index (χ4n) is 2.07. The number of nitrogens with one attached hydrogen (secondary N) is 1. The zero-order chi connectivity index (χ0) is 18.2. The van der Waals surface area contributed by atoms with Crippen LogP contribution in [0.3, 0.4) is 0 Å². The molecular weight excluding hydrogens is 372 g/mol. The molecule has 0 spiro atoms. The summed E-state index contributed by atoms with van der Waals surface area (Å²) < 4.78 is 34.4. The van der Waals surface area contributed by atoms with E-state index in [2.05, 4.69) is 10.1 Å². The van der Waals surface area contributed by atoms with Crippen LogP contribution in [0.25, 0.3) is 0 Å². The lowest BCUT2D eigenvalue weighted by atomic mass is 10.2. The Morgan fingerprint density at radius 1 is 1.24 bits per heavy atom. The van der Waals surface area contributed by atoms with Gasteiger partial charge >= 0.3 is 6.61 Å². The number of anilines is 1. The molecule has 0 unspecified atom stereocenters. The number of benzene rings is 2. The number of methoxy groups -OCH3 is 1. The minimum atomic E-state index is -2.96. The van der Waals surface area contributed by atoms with Gasteiger partial charge in [0.05, 0.1) is 18.6 Å². The van der Waals surface area contributed by atoms with Gasteiger partial charge in [-0.25, -0.2) is 0 Å². The predicted octanol–water partition coefficient (Wildman–Crippen LogP) is 4.82. The molecule has 0 aliphatic rings. The Bertz CT molecular complexity index is 731. The molecule has 0 saturated heterocycles. The minimum Gasteiger partial charge on any atom is -0.496 e. The third kappa shape index (κ3) is 6.10. The molecule has 1 amide bonds. The Morgan fingerprint density at radius 3 is 2.72 bits per heavy atom. The lowest BCUT2D eigenvalue weighted by molar-refractivity contribution is -0.113. The van der Waals surface area contributed by atoms with Gasteiger partial charge in [0.25, 0.3) is 0 Å². The van der Waals surface area contributed by atoms with Crippen molar-refractivity contribution in [3.05, 3.63) is 53.1 Å². The first-order chi connectivity index (χ1) is 12.0. The molecule has 2 aromatic rings. The highest BCUT2D eigenvalue weighted by Gasteiger charge is 2.12. The fourth-order valence-corrected chi connectivity index (χ4v) is 3.07. The summed E-state index contributed by atoms with van der Waals surface area (Å²) in [6.45, 7) is -2.96. The molecule has 0 radical (unpaired) electrons. The molecule has 0 aliphatic heterocycles. The molecule has 0 fully saturated rings. The van der Waals surface area contributed by atoms with E-state index in [1.807, 2.05) is 0 Å². The summed E-state index contributed by atoms with van der Waals surface area (Å²) in [6.07, 6.45) is 0. The first-order valence-electron chi connectivity index (χ1n) is 7.23. The van der Waals surface area contributed by atoms with Crippen LogP contribution >= 0.6 is 23.4 Å². The van der Waals surface area contributed by atoms with Crippen LogP contribution in [0.1, 0.15) is 5.56 Å². The van der Waals surface area contributed by atoms with Crippen LogP contribution in [0.4, 0.5) is 14.5 Å². The van der Waals surface area contributed by atoms with Gasteiger partial charge in [0, 0.05) is 16.3 Å². The monoisotopic (exact) mass is 387 g/mol. The largest absolute Gasteiger partial charge is 0.496 e. The summed E-state index contributed by atoms with van der Waals surface area (Å²) in [5.74, 6) is 0.946. The highest BCUT2D eigenvalue weighted by Crippen LogP contribution is 2.28. The minimum absolute atomic E-state index is 0.0765. The number of thioether (sulfide) groups is 1. The number of carbonyl (C=O) groups excluding carboxylic acids is 1. The highest BCUT2D eigenvalue weighted by molar-refractivity contribution is 7.99. The number of halogens is 3. The van der Waals surface area contributed by atoms with Gasteiger partial charge in [-0.15, -0.1) is 11.8 Å². The lowest BCUT2D eigenvalue weighted by Crippen LogP contribution is -2.15. The summed E-state index contributed by atoms with van der Waals surface area (Å²) in [7, 11) is 1.56. The first-order valence-corrected chi connectivity index (χ1v) is 8.76. The van der Waals surface area contributed by atoms with Crippen LogP contribution < -0.4 is 14.8 Å². The number of hydrogen-bond donors (Lipinski definition) is 1. The molecule has 0 heterocycles. The summed E-state index contributed by atoms with van der Waals surface area (Å²) >= 11 is 7.31. The standard InChI is InChI=1S/C17H16ClF2NO3S/c1-23-14-7-6-12(18)8-11(14)9-25-10-16(22)21-13-4-2-3-5-15(13)24-17(19)20/h2-8,17H,9-10H2,1H3,(H,21,22). The van der Waals surface area contributed by atoms with Crippen molar-refractivity contribution in [3.8, 4) is 11.5 Å². The summed E-state index contributed by atoms with van der Waals surface area (Å²) in [4.78, 5) is 12.0. The van der Waals surface area contributed by atoms with E-state index in [-0.39, 0.29) is 23.1 Å². The maximum Gasteiger partial charge on any atom is 0.387 e. The summed E-state index contributed by atoms with van der Waals surface area (Å²) in [5, 5.41) is 3.15. The number of alkyl halides is 2. The van der Waals surface area contributed by atoms with Gasteiger partial charge in [0.2, 0.25) is 5.91 Å². The van der Waals surface area contributed by atoms with Gasteiger partial charge in [-0.05, 0) is 30.3 Å². The van der Waals surface area contributed by atoms with Gasteiger partial charge in [0.1, 0.15) is 11.5 Å². The van der Waals surface area contributed by atoms with Crippen molar-refractivity contribution in [2.45, 2.75) is 12.4 Å². The third-order valence-corrected chi connectivity index (χ3v) is 4.33. The Labute approximate surface area is 153 Å². The van der Waals surface area contributed by atoms with Crippen molar-refractivity contribution in [1.82, 2.24) is 0 Å². The Kier molecular flexibility index (Phi) is 7.33. The van der Waals surface area contributed by atoms with E-state index in [4.69, 9.17) is 16.3 Å². The van der Waals surface area contributed by atoms with Crippen LogP contribution in [-0.4, -0.2) is 25.4 Å². The smallest absolute Gasteiger partial charge is 0.387 e. The van der Waals surface area contributed by atoms with Gasteiger partial charge in [-0.1, -0.05) is 23.7 Å². The number of hydrogen-bond acceptors (Lipinski definition) is 4. The second-order valence-electron chi connectivity index (χ2n) is 4.87. The number of para-hydroxylation sites is 2. The number of carbonyl (C=O) groups is 1. The Balaban J connectivity index is 1.91. The zero-order valence-corrected chi connectivity index (χ0v) is 14.9. The lowest BCUT2D eigenvalue weighted by Gasteiger charge is -2.12. The molecule has 1 N–H and O–H groups in total. The topological polar surface area (TPSA) is 47.6 Å². The normalized spacial score (nSPS) is 10.6. The van der Waals surface area contributed by atoms with Crippen LogP contribution in [0, 0.1) is 0 Å². The van der Waals surface area contributed by atoms with Crippen LogP contribution in [0.15, 0.2) is 42.5 Å². The number of amides is 1. The van der Waals surface area contributed by atoms with E-state index in [1.54, 1.807) is 37.4 Å². The molecule has 0 bridgehead atoms. The molecular formula is C17H16ClF2NO3S. The van der Waals surface area contributed by atoms with E-state index in [1.165, 1.54) is 23.9 Å². The highest BCUT2D eigenvalue weighted by atomic mass is 35.5. The summed E-state index contributed by atoms with van der Waals surface area (Å²) in [5.41, 5.74) is 1.07. The zero-order valence-electron chi connectivity index (χ0n) is 13.3. The van der Waals surface area contributed by atoms with Gasteiger partial charge < -0.3 is 14.8 Å². The molecule has 2 rings (SSSR count). The van der Waals surface area contributed by atoms with E-state index in [9.17, 15) is 13.6 Å². The van der Waals surface area contributed by atoms with E-state index in [0.29, 0.717) is 16.5 Å². The van der Waals surface area contributed by atoms with E-state index < -0.39 is 6.61 Å². The van der Waals surface area contributed by atoms with Gasteiger partial charge in [0.15, 0.2) is 0 Å². The molecule has 0 saturated carbocycles. The van der Waals surface area contributed by atoms with Crippen molar-refractivity contribution in [3.63, 3.8) is 0 Å². The van der Waals surface area contributed by atoms with Crippen molar-refractivity contribution in [2.75, 3.05) is 18.2 Å². The van der Waals surface area contributed by atoms with E-state index >= 15 is 0 Å². The second kappa shape index (κ2) is 9.48. The third-order valence-electron chi connectivity index (χ3n) is 3.11. The summed E-state index contributed by atoms with van der Waals surface area (Å²) in [6, 6.07) is 11.3. The SMILES string of the molecule is COc1ccc(Cl)cc1CSCC(=O)Nc1ccccc1OC(F)F. The van der Waals surface area contributed by atoms with Crippen molar-refractivity contribution >= 4 is 35.0 Å². The van der Waals surface area contributed by atoms with Crippen LogP contribution in [0.2, 0.25) is 5.02 Å². The van der Waals surface area contributed by atoms with Gasteiger partial charge in [-0.3, -0.25) is 4.79 Å². The molecule has 8 heteroatoms. The number of ether oxygens (including phenoxy) is 2. The fraction of sp³-hybridized carbons (Fsp3) is 0.235. The number of rotatable bonds is 8. The quantitative estimate of drug-likeness (QED) is 0.705. The van der Waals surface area contributed by atoms with Crippen molar-refractivity contribution in [2.24, 2.45) is 0 Å².